The van der Waals surface area contributed by atoms with Gasteiger partial charge in [-0.1, -0.05) is 41.9 Å². The van der Waals surface area contributed by atoms with Gasteiger partial charge in [0.25, 0.3) is 0 Å². The van der Waals surface area contributed by atoms with Crippen molar-refractivity contribution in [2.75, 3.05) is 5.73 Å². The largest absolute Gasteiger partial charge is 0.397 e. The number of fused-ring (bicyclic) bond motifs is 2. The number of rotatable bonds is 3. The molecule has 1 aromatic heterocycles. The number of aromatic nitrogens is 2. The number of piperidine rings is 1. The lowest BCUT2D eigenvalue weighted by atomic mass is 10.00. The number of halogens is 1. The molecule has 132 valence electrons. The summed E-state index contributed by atoms with van der Waals surface area (Å²) in [4.78, 5) is 0. The normalized spacial score (nSPS) is 26.6. The average Bonchev–Trinajstić information content (AvgIpc) is 3.12. The van der Waals surface area contributed by atoms with Crippen LogP contribution in [0.25, 0.3) is 10.7 Å². The minimum Gasteiger partial charge on any atom is -0.397 e. The van der Waals surface area contributed by atoms with E-state index in [0.29, 0.717) is 34.7 Å². The third-order valence-corrected chi connectivity index (χ3v) is 5.85. The fourth-order valence-corrected chi connectivity index (χ4v) is 4.56. The maximum atomic E-state index is 6.63. The summed E-state index contributed by atoms with van der Waals surface area (Å²) in [5.74, 6) is 0.618. The highest BCUT2D eigenvalue weighted by atomic mass is 35.5. The first-order valence-corrected chi connectivity index (χ1v) is 9.24. The van der Waals surface area contributed by atoms with Gasteiger partial charge in [0.05, 0.1) is 28.0 Å². The molecule has 4 rings (SSSR count). The van der Waals surface area contributed by atoms with Gasteiger partial charge < -0.3 is 16.8 Å². The van der Waals surface area contributed by atoms with E-state index >= 15 is 0 Å². The smallest absolute Gasteiger partial charge is 0.131 e. The van der Waals surface area contributed by atoms with Crippen molar-refractivity contribution in [3.63, 3.8) is 0 Å². The number of benzene rings is 1. The summed E-state index contributed by atoms with van der Waals surface area (Å²) in [5, 5.41) is 8.85. The monoisotopic (exact) mass is 357 g/mol. The SMILES string of the molecule is Cc1nn(C2CC3CC[C@@H](C2)N3)c(N)c1/C(Cl)=C(\N)c1ccccc1. The summed E-state index contributed by atoms with van der Waals surface area (Å²) in [5.41, 5.74) is 15.8. The predicted molar refractivity (Wildman–Crippen MR) is 103 cm³/mol. The van der Waals surface area contributed by atoms with Crippen LogP contribution in [0.1, 0.15) is 48.5 Å². The minimum atomic E-state index is 0.327. The van der Waals surface area contributed by atoms with Crippen molar-refractivity contribution in [2.24, 2.45) is 5.73 Å². The first-order chi connectivity index (χ1) is 12.0. The zero-order valence-corrected chi connectivity index (χ0v) is 15.1. The molecule has 5 nitrogen and oxygen atoms in total. The quantitative estimate of drug-likeness (QED) is 0.787. The Morgan fingerprint density at radius 3 is 2.48 bits per heavy atom. The lowest BCUT2D eigenvalue weighted by Crippen LogP contribution is -2.39. The fourth-order valence-electron chi connectivity index (χ4n) is 4.22. The summed E-state index contributed by atoms with van der Waals surface area (Å²) < 4.78 is 1.97. The van der Waals surface area contributed by atoms with Crippen LogP contribution < -0.4 is 16.8 Å². The summed E-state index contributed by atoms with van der Waals surface area (Å²) in [6.45, 7) is 1.94. The summed E-state index contributed by atoms with van der Waals surface area (Å²) in [6.07, 6.45) is 4.62. The maximum Gasteiger partial charge on any atom is 0.131 e. The minimum absolute atomic E-state index is 0.327. The number of hydrogen-bond donors (Lipinski definition) is 3. The van der Waals surface area contributed by atoms with E-state index in [1.807, 2.05) is 41.9 Å². The highest BCUT2D eigenvalue weighted by molar-refractivity contribution is 6.53. The molecule has 2 aromatic rings. The Labute approximate surface area is 153 Å². The molecule has 5 N–H and O–H groups in total. The van der Waals surface area contributed by atoms with E-state index in [0.717, 1.165) is 29.7 Å². The Hall–Kier alpha value is -1.98. The summed E-state index contributed by atoms with van der Waals surface area (Å²) in [7, 11) is 0. The molecule has 6 heteroatoms. The molecule has 0 radical (unpaired) electrons. The molecule has 2 unspecified atom stereocenters. The van der Waals surface area contributed by atoms with E-state index in [1.165, 1.54) is 12.8 Å². The van der Waals surface area contributed by atoms with Crippen LogP contribution in [-0.4, -0.2) is 21.9 Å². The second kappa shape index (κ2) is 6.39. The van der Waals surface area contributed by atoms with Gasteiger partial charge in [0, 0.05) is 12.1 Å². The topological polar surface area (TPSA) is 81.9 Å². The molecule has 0 spiro atoms. The number of nitrogens with zero attached hydrogens (tertiary/aromatic N) is 2. The molecule has 25 heavy (non-hydrogen) atoms. The van der Waals surface area contributed by atoms with Gasteiger partial charge in [0.1, 0.15) is 5.82 Å². The van der Waals surface area contributed by atoms with Crippen LogP contribution in [0.2, 0.25) is 0 Å². The van der Waals surface area contributed by atoms with Crippen molar-refractivity contribution in [3.05, 3.63) is 47.2 Å². The predicted octanol–water partition coefficient (Wildman–Crippen LogP) is 3.25. The van der Waals surface area contributed by atoms with Crippen LogP contribution in [0, 0.1) is 6.92 Å². The Morgan fingerprint density at radius 2 is 1.84 bits per heavy atom. The van der Waals surface area contributed by atoms with Gasteiger partial charge in [-0.2, -0.15) is 5.10 Å². The average molecular weight is 358 g/mol. The van der Waals surface area contributed by atoms with E-state index in [2.05, 4.69) is 5.32 Å². The van der Waals surface area contributed by atoms with Gasteiger partial charge >= 0.3 is 0 Å². The van der Waals surface area contributed by atoms with Crippen molar-refractivity contribution >= 4 is 28.1 Å². The Kier molecular flexibility index (Phi) is 4.21. The number of nitrogen functional groups attached to an aromatic ring is 1. The van der Waals surface area contributed by atoms with Gasteiger partial charge in [0.2, 0.25) is 0 Å². The molecular weight excluding hydrogens is 334 g/mol. The third kappa shape index (κ3) is 2.92. The van der Waals surface area contributed by atoms with Crippen LogP contribution >= 0.6 is 11.6 Å². The molecule has 2 aliphatic heterocycles. The van der Waals surface area contributed by atoms with E-state index in [4.69, 9.17) is 28.2 Å². The second-order valence-electron chi connectivity index (χ2n) is 7.15. The molecule has 3 heterocycles. The van der Waals surface area contributed by atoms with Gasteiger partial charge in [-0.15, -0.1) is 0 Å². The molecule has 0 saturated carbocycles. The molecule has 3 atom stereocenters. The van der Waals surface area contributed by atoms with Crippen LogP contribution in [0.15, 0.2) is 30.3 Å². The molecule has 2 bridgehead atoms. The number of anilines is 1. The van der Waals surface area contributed by atoms with E-state index in [-0.39, 0.29) is 0 Å². The van der Waals surface area contributed by atoms with Gasteiger partial charge in [-0.25, -0.2) is 4.68 Å². The van der Waals surface area contributed by atoms with Crippen molar-refractivity contribution in [2.45, 2.75) is 50.7 Å². The molecule has 2 saturated heterocycles. The zero-order chi connectivity index (χ0) is 17.6. The van der Waals surface area contributed by atoms with E-state index in [9.17, 15) is 0 Å². The van der Waals surface area contributed by atoms with Crippen molar-refractivity contribution in [1.29, 1.82) is 0 Å². The Morgan fingerprint density at radius 1 is 1.20 bits per heavy atom. The van der Waals surface area contributed by atoms with Crippen LogP contribution in [0.5, 0.6) is 0 Å². The highest BCUT2D eigenvalue weighted by Crippen LogP contribution is 2.39. The third-order valence-electron chi connectivity index (χ3n) is 5.46. The van der Waals surface area contributed by atoms with Crippen LogP contribution in [-0.2, 0) is 0 Å². The first kappa shape index (κ1) is 16.5. The summed E-state index contributed by atoms with van der Waals surface area (Å²) >= 11 is 6.63. The molecule has 1 aromatic carbocycles. The summed E-state index contributed by atoms with van der Waals surface area (Å²) in [6, 6.07) is 11.2. The van der Waals surface area contributed by atoms with E-state index in [1.54, 1.807) is 0 Å². The lowest BCUT2D eigenvalue weighted by molar-refractivity contribution is 0.284. The molecule has 2 aliphatic rings. The van der Waals surface area contributed by atoms with Crippen LogP contribution in [0.3, 0.4) is 0 Å². The molecule has 0 amide bonds. The van der Waals surface area contributed by atoms with E-state index < -0.39 is 0 Å². The van der Waals surface area contributed by atoms with Crippen LogP contribution in [0.4, 0.5) is 5.82 Å². The maximum absolute atomic E-state index is 6.63. The number of nitrogens with two attached hydrogens (primary N) is 2. The van der Waals surface area contributed by atoms with Crippen molar-refractivity contribution in [3.8, 4) is 0 Å². The highest BCUT2D eigenvalue weighted by Gasteiger charge is 2.36. The van der Waals surface area contributed by atoms with Gasteiger partial charge in [-0.3, -0.25) is 0 Å². The van der Waals surface area contributed by atoms with Crippen molar-refractivity contribution < 1.29 is 0 Å². The lowest BCUT2D eigenvalue weighted by Gasteiger charge is -2.29. The molecule has 2 fully saturated rings. The second-order valence-corrected chi connectivity index (χ2v) is 7.52. The van der Waals surface area contributed by atoms with Gasteiger partial charge in [-0.05, 0) is 38.2 Å². The first-order valence-electron chi connectivity index (χ1n) is 8.86. The Bertz CT molecular complexity index is 799. The molecular formula is C19H24ClN5. The van der Waals surface area contributed by atoms with Gasteiger partial charge in [0.15, 0.2) is 0 Å². The fraction of sp³-hybridized carbons (Fsp3) is 0.421. The standard InChI is InChI=1S/C19H24ClN5/c1-11-16(17(20)18(21)12-5-3-2-4-6-12)19(22)25(24-11)15-9-13-7-8-14(10-15)23-13/h2-6,13-15,23H,7-10,21-22H2,1H3/b18-17+/t13-,14?,15?/m0/s1. The number of nitrogens with one attached hydrogen (secondary N) is 1. The zero-order valence-electron chi connectivity index (χ0n) is 14.4. The van der Waals surface area contributed by atoms with Crippen molar-refractivity contribution in [1.82, 2.24) is 15.1 Å². The molecule has 0 aliphatic carbocycles. The Balaban J connectivity index is 1.71. The number of hydrogen-bond acceptors (Lipinski definition) is 4. The number of aryl methyl sites for hydroxylation is 1.